The molecular weight excluding hydrogens is 724 g/mol. The molecule has 56 heavy (non-hydrogen) atoms. The Kier molecular flexibility index (Phi) is 15.1. The van der Waals surface area contributed by atoms with Crippen LogP contribution in [0.3, 0.4) is 0 Å². The fourth-order valence-electron chi connectivity index (χ4n) is 5.90. The standard InChI is InChI=1S/C40H58N6O10/c1-38(2,3)46(37(53)54)19-11-14-28-33(49)44-29(32(48)41-17-18-42-35(51)55-39(4,5)6)21-24-12-10-13-25(20-24)26-15-16-31(47)27(22-26)23-30(34(50)43-28)45-36(52)56-40(7,8)9/h10,12-13,15-16,20,22,28-30,47H,11,14,17-19,21,23H2,1-9H3,(H,41,48)(H,42,51)(H,43,50)(H,44,49)(H,45,52)(H,53,54)/t28-,29-,30-/m0/s1. The van der Waals surface area contributed by atoms with Crippen LogP contribution < -0.4 is 26.6 Å². The lowest BCUT2D eigenvalue weighted by Gasteiger charge is -2.33. The van der Waals surface area contributed by atoms with Gasteiger partial charge < -0.3 is 51.2 Å². The summed E-state index contributed by atoms with van der Waals surface area (Å²) in [6.45, 7) is 15.4. The molecule has 7 N–H and O–H groups in total. The number of fused-ring (bicyclic) bond motifs is 5. The van der Waals surface area contributed by atoms with E-state index in [-0.39, 0.29) is 51.1 Å². The molecule has 0 radical (unpaired) electrons. The first-order valence-corrected chi connectivity index (χ1v) is 18.7. The maximum atomic E-state index is 14.2. The number of ether oxygens (including phenoxy) is 2. The van der Waals surface area contributed by atoms with Gasteiger partial charge in [0.1, 0.15) is 35.1 Å². The predicted octanol–water partition coefficient (Wildman–Crippen LogP) is 4.22. The predicted molar refractivity (Wildman–Crippen MR) is 209 cm³/mol. The first kappa shape index (κ1) is 44.9. The second kappa shape index (κ2) is 18.9. The molecule has 3 atom stereocenters. The SMILES string of the molecule is CC(C)(C)OC(=O)NCCNC(=O)[C@@H]1Cc2cccc(c2)-c2ccc(O)c(c2)C[C@H](NC(=O)OC(C)(C)C)C(=O)N[C@@H](CCCN(C(=O)O)C(C)(C)C)C(=O)N1. The van der Waals surface area contributed by atoms with Crippen molar-refractivity contribution in [1.29, 1.82) is 0 Å². The van der Waals surface area contributed by atoms with Crippen LogP contribution in [-0.4, -0.2) is 106 Å². The van der Waals surface area contributed by atoms with Crippen molar-refractivity contribution in [2.24, 2.45) is 0 Å². The number of nitrogens with zero attached hydrogens (tertiary/aromatic N) is 1. The number of carbonyl (C=O) groups excluding carboxylic acids is 5. The van der Waals surface area contributed by atoms with Gasteiger partial charge in [-0.2, -0.15) is 0 Å². The molecule has 1 aliphatic rings. The van der Waals surface area contributed by atoms with Gasteiger partial charge in [0, 0.05) is 38.0 Å². The number of alkyl carbamates (subject to hydrolysis) is 2. The molecule has 4 bridgehead atoms. The Morgan fingerprint density at radius 1 is 0.804 bits per heavy atom. The van der Waals surface area contributed by atoms with Gasteiger partial charge in [-0.3, -0.25) is 14.4 Å². The van der Waals surface area contributed by atoms with Gasteiger partial charge >= 0.3 is 18.3 Å². The summed E-state index contributed by atoms with van der Waals surface area (Å²) >= 11 is 0. The third kappa shape index (κ3) is 14.6. The second-order valence-electron chi connectivity index (χ2n) is 16.7. The number of rotatable bonds is 9. The third-order valence-electron chi connectivity index (χ3n) is 8.48. The highest BCUT2D eigenvalue weighted by atomic mass is 16.6. The zero-order valence-corrected chi connectivity index (χ0v) is 33.8. The van der Waals surface area contributed by atoms with E-state index in [1.807, 2.05) is 12.1 Å². The van der Waals surface area contributed by atoms with Crippen molar-refractivity contribution in [3.8, 4) is 16.9 Å². The van der Waals surface area contributed by atoms with Crippen LogP contribution in [0.15, 0.2) is 42.5 Å². The Balaban J connectivity index is 2.03. The first-order valence-electron chi connectivity index (χ1n) is 18.7. The zero-order chi connectivity index (χ0) is 42.0. The van der Waals surface area contributed by atoms with E-state index in [9.17, 15) is 39.0 Å². The minimum absolute atomic E-state index is 0.0107. The molecule has 0 saturated heterocycles. The molecule has 0 saturated carbocycles. The smallest absolute Gasteiger partial charge is 0.408 e. The molecular formula is C40H58N6O10. The average Bonchev–Trinajstić information content (AvgIpc) is 3.05. The molecule has 1 heterocycles. The molecule has 1 aliphatic heterocycles. The molecule has 3 rings (SSSR count). The lowest BCUT2D eigenvalue weighted by molar-refractivity contribution is -0.132. The summed E-state index contributed by atoms with van der Waals surface area (Å²) in [6, 6.07) is 8.37. The van der Waals surface area contributed by atoms with Crippen LogP contribution in [0, 0.1) is 0 Å². The summed E-state index contributed by atoms with van der Waals surface area (Å²) in [5.74, 6) is -2.20. The van der Waals surface area contributed by atoms with Gasteiger partial charge in [-0.1, -0.05) is 30.3 Å². The van der Waals surface area contributed by atoms with Gasteiger partial charge in [0.25, 0.3) is 0 Å². The normalized spacial score (nSPS) is 17.8. The fraction of sp³-hybridized carbons (Fsp3) is 0.550. The van der Waals surface area contributed by atoms with Crippen LogP contribution in [0.2, 0.25) is 0 Å². The van der Waals surface area contributed by atoms with Crippen LogP contribution in [-0.2, 0) is 36.7 Å². The van der Waals surface area contributed by atoms with E-state index in [2.05, 4.69) is 26.6 Å². The number of carboxylic acid groups (broad SMARTS) is 1. The number of amides is 6. The number of phenolic OH excluding ortho intramolecular Hbond substituents is 1. The van der Waals surface area contributed by atoms with Crippen LogP contribution >= 0.6 is 0 Å². The van der Waals surface area contributed by atoms with Crippen molar-refractivity contribution >= 4 is 36.0 Å². The van der Waals surface area contributed by atoms with E-state index in [0.717, 1.165) is 5.56 Å². The highest BCUT2D eigenvalue weighted by Gasteiger charge is 2.33. The summed E-state index contributed by atoms with van der Waals surface area (Å²) in [5.41, 5.74) is 0.0603. The van der Waals surface area contributed by atoms with Gasteiger partial charge in [-0.25, -0.2) is 14.4 Å². The minimum Gasteiger partial charge on any atom is -0.508 e. The van der Waals surface area contributed by atoms with E-state index < -0.39 is 70.9 Å². The van der Waals surface area contributed by atoms with Crippen LogP contribution in [0.25, 0.3) is 11.1 Å². The van der Waals surface area contributed by atoms with E-state index in [4.69, 9.17) is 9.47 Å². The molecule has 16 heteroatoms. The molecule has 16 nitrogen and oxygen atoms in total. The summed E-state index contributed by atoms with van der Waals surface area (Å²) in [6.07, 6.45) is -2.76. The van der Waals surface area contributed by atoms with Gasteiger partial charge in [-0.05, 0) is 110 Å². The first-order chi connectivity index (χ1) is 25.9. The zero-order valence-electron chi connectivity index (χ0n) is 33.8. The molecule has 0 spiro atoms. The Morgan fingerprint density at radius 2 is 1.43 bits per heavy atom. The second-order valence-corrected chi connectivity index (χ2v) is 16.7. The highest BCUT2D eigenvalue weighted by Crippen LogP contribution is 2.28. The van der Waals surface area contributed by atoms with Crippen molar-refractivity contribution in [2.45, 2.75) is 123 Å². The molecule has 0 aliphatic carbocycles. The molecule has 0 aromatic heterocycles. The summed E-state index contributed by atoms with van der Waals surface area (Å²) in [4.78, 5) is 80.4. The Morgan fingerprint density at radius 3 is 2.05 bits per heavy atom. The van der Waals surface area contributed by atoms with E-state index in [0.29, 0.717) is 16.7 Å². The molecule has 2 aromatic rings. The van der Waals surface area contributed by atoms with E-state index in [1.165, 1.54) is 11.0 Å². The molecule has 308 valence electrons. The maximum absolute atomic E-state index is 14.2. The molecule has 2 aromatic carbocycles. The number of hydrogen-bond donors (Lipinski definition) is 7. The van der Waals surface area contributed by atoms with Crippen LogP contribution in [0.4, 0.5) is 14.4 Å². The monoisotopic (exact) mass is 782 g/mol. The van der Waals surface area contributed by atoms with Crippen molar-refractivity contribution < 1.29 is 48.5 Å². The summed E-state index contributed by atoms with van der Waals surface area (Å²) < 4.78 is 10.7. The van der Waals surface area contributed by atoms with Crippen molar-refractivity contribution in [1.82, 2.24) is 31.5 Å². The average molecular weight is 783 g/mol. The van der Waals surface area contributed by atoms with Gasteiger partial charge in [0.05, 0.1) is 0 Å². The topological polar surface area (TPSA) is 225 Å². The summed E-state index contributed by atoms with van der Waals surface area (Å²) in [7, 11) is 0. The summed E-state index contributed by atoms with van der Waals surface area (Å²) in [5, 5.41) is 34.1. The number of carbonyl (C=O) groups is 6. The van der Waals surface area contributed by atoms with Gasteiger partial charge in [0.2, 0.25) is 17.7 Å². The maximum Gasteiger partial charge on any atom is 0.408 e. The van der Waals surface area contributed by atoms with Crippen LogP contribution in [0.1, 0.15) is 86.3 Å². The Labute approximate surface area is 328 Å². The van der Waals surface area contributed by atoms with Crippen molar-refractivity contribution in [2.75, 3.05) is 19.6 Å². The lowest BCUT2D eigenvalue weighted by atomic mass is 9.96. The Bertz CT molecular complexity index is 1740. The Hall–Kier alpha value is -5.54. The van der Waals surface area contributed by atoms with E-state index >= 15 is 0 Å². The number of hydrogen-bond acceptors (Lipinski definition) is 9. The van der Waals surface area contributed by atoms with Gasteiger partial charge in [0.15, 0.2) is 0 Å². The largest absolute Gasteiger partial charge is 0.508 e. The fourth-order valence-corrected chi connectivity index (χ4v) is 5.90. The number of phenols is 1. The highest BCUT2D eigenvalue weighted by molar-refractivity contribution is 5.94. The van der Waals surface area contributed by atoms with Gasteiger partial charge in [-0.15, -0.1) is 0 Å². The van der Waals surface area contributed by atoms with Crippen LogP contribution in [0.5, 0.6) is 5.75 Å². The number of nitrogens with one attached hydrogen (secondary N) is 5. The minimum atomic E-state index is -1.33. The third-order valence-corrected chi connectivity index (χ3v) is 8.48. The van der Waals surface area contributed by atoms with Crippen molar-refractivity contribution in [3.63, 3.8) is 0 Å². The molecule has 6 amide bonds. The lowest BCUT2D eigenvalue weighted by Crippen LogP contribution is -2.58. The van der Waals surface area contributed by atoms with Crippen molar-refractivity contribution in [3.05, 3.63) is 53.6 Å². The van der Waals surface area contributed by atoms with E-state index in [1.54, 1.807) is 86.6 Å². The number of aromatic hydroxyl groups is 1. The molecule has 0 unspecified atom stereocenters. The molecule has 0 fully saturated rings. The number of benzene rings is 2. The quantitative estimate of drug-likeness (QED) is 0.179.